The number of carboxylic acids is 1. The van der Waals surface area contributed by atoms with Crippen LogP contribution in [0, 0.1) is 0 Å². The van der Waals surface area contributed by atoms with Gasteiger partial charge in [-0.25, -0.2) is 14.4 Å². The molecule has 0 saturated carbocycles. The van der Waals surface area contributed by atoms with Gasteiger partial charge in [-0.15, -0.1) is 0 Å². The number of aliphatic carboxylic acids is 1. The molecule has 596 valence electrons. The van der Waals surface area contributed by atoms with Crippen LogP contribution in [-0.4, -0.2) is 203 Å². The molecule has 5 amide bonds. The van der Waals surface area contributed by atoms with Crippen LogP contribution in [0.2, 0.25) is 0 Å². The molecule has 110 heavy (non-hydrogen) atoms. The predicted octanol–water partition coefficient (Wildman–Crippen LogP) is 7.12. The first-order valence-electron chi connectivity index (χ1n) is 36.7. The van der Waals surface area contributed by atoms with Gasteiger partial charge in [-0.2, -0.15) is 0 Å². The summed E-state index contributed by atoms with van der Waals surface area (Å²) in [5.74, 6) is -5.08. The normalized spacial score (nSPS) is 15.9. The lowest BCUT2D eigenvalue weighted by atomic mass is 10.1. The molecule has 9 N–H and O–H groups in total. The van der Waals surface area contributed by atoms with Gasteiger partial charge in [0.1, 0.15) is 55.7 Å². The predicted molar refractivity (Wildman–Crippen MR) is 410 cm³/mol. The van der Waals surface area contributed by atoms with Crippen LogP contribution in [0.1, 0.15) is 114 Å². The zero-order valence-electron chi connectivity index (χ0n) is 64.0. The number of rotatable bonds is 29. The third-order valence-electron chi connectivity index (χ3n) is 16.1. The van der Waals surface area contributed by atoms with Crippen LogP contribution in [0.3, 0.4) is 0 Å². The molecule has 0 spiro atoms. The lowest BCUT2D eigenvalue weighted by molar-refractivity contribution is -0.152. The molecule has 0 unspecified atom stereocenters. The van der Waals surface area contributed by atoms with Gasteiger partial charge in [-0.1, -0.05) is 182 Å². The fourth-order valence-corrected chi connectivity index (χ4v) is 10.9. The van der Waals surface area contributed by atoms with Crippen LogP contribution in [0.25, 0.3) is 0 Å². The lowest BCUT2D eigenvalue weighted by Crippen LogP contribution is -2.58. The Kier molecular flexibility index (Phi) is 40.4. The second-order valence-corrected chi connectivity index (χ2v) is 27.8. The Hall–Kier alpha value is -10.6. The van der Waals surface area contributed by atoms with Gasteiger partial charge in [-0.05, 0) is 94.7 Å². The van der Waals surface area contributed by atoms with E-state index in [0.29, 0.717) is 25.2 Å². The summed E-state index contributed by atoms with van der Waals surface area (Å²) in [6.45, 7) is 19.9. The maximum absolute atomic E-state index is 13.5. The molecule has 3 heterocycles. The van der Waals surface area contributed by atoms with E-state index in [9.17, 15) is 47.9 Å². The molecule has 6 aromatic carbocycles. The van der Waals surface area contributed by atoms with Gasteiger partial charge in [0, 0.05) is 84.2 Å². The Balaban J connectivity index is 0.000000260. The number of nitrogens with zero attached hydrogens (tertiary/aromatic N) is 3. The number of carbonyl (C=O) groups is 10. The zero-order valence-corrected chi connectivity index (χ0v) is 64.0. The molecule has 0 bridgehead atoms. The van der Waals surface area contributed by atoms with Crippen LogP contribution < -0.4 is 31.9 Å². The molecule has 3 fully saturated rings. The Bertz CT molecular complexity index is 3720. The van der Waals surface area contributed by atoms with Gasteiger partial charge in [0.05, 0.1) is 32.4 Å². The number of carboxylic acid groups (broad SMARTS) is 1. The van der Waals surface area contributed by atoms with Crippen molar-refractivity contribution in [3.05, 3.63) is 215 Å². The lowest BCUT2D eigenvalue weighted by Gasteiger charge is -2.33. The average Bonchev–Trinajstić information content (AvgIpc) is 0.832. The van der Waals surface area contributed by atoms with Crippen LogP contribution in [0.15, 0.2) is 182 Å². The summed E-state index contributed by atoms with van der Waals surface area (Å²) in [6, 6.07) is 53.7. The number of carbonyl (C=O) groups excluding carboxylic acids is 9. The van der Waals surface area contributed by atoms with Crippen molar-refractivity contribution in [3.8, 4) is 0 Å². The molecule has 28 nitrogen and oxygen atoms in total. The highest BCUT2D eigenvalue weighted by molar-refractivity contribution is 5.97. The van der Waals surface area contributed by atoms with Crippen LogP contribution in [-0.2, 0) is 106 Å². The van der Waals surface area contributed by atoms with E-state index < -0.39 is 90.1 Å². The van der Waals surface area contributed by atoms with E-state index in [4.69, 9.17) is 43.7 Å². The van der Waals surface area contributed by atoms with E-state index in [1.807, 2.05) is 91.0 Å². The Morgan fingerprint density at radius 2 is 0.955 bits per heavy atom. The summed E-state index contributed by atoms with van der Waals surface area (Å²) in [7, 11) is 0. The van der Waals surface area contributed by atoms with E-state index in [1.54, 1.807) is 109 Å². The van der Waals surface area contributed by atoms with E-state index >= 15 is 0 Å². The van der Waals surface area contributed by atoms with Gasteiger partial charge < -0.3 is 85.4 Å². The summed E-state index contributed by atoms with van der Waals surface area (Å²) in [5, 5.41) is 43.7. The van der Waals surface area contributed by atoms with Crippen molar-refractivity contribution in [3.63, 3.8) is 0 Å². The minimum Gasteiger partial charge on any atom is -0.480 e. The molecule has 3 saturated heterocycles. The molecular weight excluding hydrogens is 1410 g/mol. The molecule has 6 aromatic rings. The van der Waals surface area contributed by atoms with E-state index in [2.05, 4.69) is 67.1 Å². The smallest absolute Gasteiger partial charge is 0.408 e. The number of aliphatic hydroxyl groups is 2. The number of aliphatic hydroxyl groups excluding tert-OH is 2. The molecule has 5 atom stereocenters. The van der Waals surface area contributed by atoms with Crippen molar-refractivity contribution >= 4 is 59.8 Å². The number of hydrogen-bond acceptors (Lipinski definition) is 22. The van der Waals surface area contributed by atoms with Crippen molar-refractivity contribution in [2.45, 2.75) is 161 Å². The Labute approximate surface area is 644 Å². The second-order valence-electron chi connectivity index (χ2n) is 27.8. The van der Waals surface area contributed by atoms with E-state index in [-0.39, 0.29) is 70.9 Å². The summed E-state index contributed by atoms with van der Waals surface area (Å²) in [5.41, 5.74) is 3.91. The van der Waals surface area contributed by atoms with Crippen molar-refractivity contribution in [1.29, 1.82) is 0 Å². The topological polar surface area (TPSA) is 369 Å². The molecule has 3 aliphatic rings. The number of ether oxygens (including phenoxy) is 6. The van der Waals surface area contributed by atoms with Gasteiger partial charge >= 0.3 is 42.0 Å². The number of alkyl carbamates (subject to hydrolysis) is 2. The molecule has 0 radical (unpaired) electrons. The minimum absolute atomic E-state index is 0.0106. The van der Waals surface area contributed by atoms with Crippen molar-refractivity contribution in [2.75, 3.05) is 72.2 Å². The highest BCUT2D eigenvalue weighted by Gasteiger charge is 2.36. The van der Waals surface area contributed by atoms with Crippen LogP contribution in [0.4, 0.5) is 9.59 Å². The number of piperazine rings is 3. The number of esters is 4. The molecule has 0 aliphatic carbocycles. The number of hydrogen-bond donors (Lipinski definition) is 9. The highest BCUT2D eigenvalue weighted by Crippen LogP contribution is 2.17. The van der Waals surface area contributed by atoms with E-state index in [1.165, 1.54) is 15.4 Å². The first-order valence-corrected chi connectivity index (χ1v) is 36.7. The summed E-state index contributed by atoms with van der Waals surface area (Å²) >= 11 is 0. The number of benzene rings is 6. The quantitative estimate of drug-likeness (QED) is 0.0167. The minimum atomic E-state index is -1.41. The fraction of sp³-hybridized carbons (Fsp3) is 0.439. The summed E-state index contributed by atoms with van der Waals surface area (Å²) in [6.07, 6.45) is -1.16. The largest absolute Gasteiger partial charge is 0.480 e. The third-order valence-corrected chi connectivity index (χ3v) is 16.1. The highest BCUT2D eigenvalue weighted by atomic mass is 16.6. The second kappa shape index (κ2) is 49.4. The summed E-state index contributed by atoms with van der Waals surface area (Å²) in [4.78, 5) is 127. The maximum atomic E-state index is 13.5. The first kappa shape index (κ1) is 90.0. The molecule has 9 rings (SSSR count). The van der Waals surface area contributed by atoms with Gasteiger partial charge in [0.2, 0.25) is 17.7 Å². The van der Waals surface area contributed by atoms with Gasteiger partial charge in [0.15, 0.2) is 0 Å². The molecule has 28 heteroatoms. The van der Waals surface area contributed by atoms with Gasteiger partial charge in [-0.3, -0.25) is 38.5 Å². The molecule has 3 aliphatic heterocycles. The first-order chi connectivity index (χ1) is 52.7. The van der Waals surface area contributed by atoms with Gasteiger partial charge in [0.25, 0.3) is 0 Å². The molecular formula is C82H109N9O19. The van der Waals surface area contributed by atoms with Crippen molar-refractivity contribution in [1.82, 2.24) is 46.6 Å². The third kappa shape index (κ3) is 38.5. The van der Waals surface area contributed by atoms with Crippen molar-refractivity contribution in [2.24, 2.45) is 0 Å². The van der Waals surface area contributed by atoms with Crippen molar-refractivity contribution < 1.29 is 91.7 Å². The number of nitrogens with one attached hydrogen (secondary N) is 6. The maximum Gasteiger partial charge on any atom is 0.408 e. The van der Waals surface area contributed by atoms with Crippen LogP contribution >= 0.6 is 0 Å². The molecule has 0 aromatic heterocycles. The standard InChI is InChI=1S/C27H34N2O7.C20H20N2O4.C16H21NO6.C13H20N2O.C6H14N2O/c1-5-34-24(31)18-29(17-20-12-8-6-9-13-20)25(32)22(28-26(33)36-27(2,3)4)16-23(30)35-19-21-14-10-7-11-15-21;23-18-13-22(12-15-7-3-1-4-8-15)20(25)17(21-18)11-19(24)26-14-16-9-5-2-6-10-16;1-16(2,3)23-15(21)17-12(14(19)20)9-13(18)22-10-11-7-5-4-6-8-11;16-9-6-13-11-15(8-7-14-13)10-12-4-2-1-3-5-12;9-4-1-6-5-7-2-3-8-6/h6-15,22H,5,16-19H2,1-4H3,(H,28,33);1-10,17H,11-14H2,(H,21,23);4-8,12H,9-10H2,1-3H3,(H,17,21)(H,19,20);1-5,13-14,16H,6-11H2;6-9H,1-5H2/t22-;17-;12-;13-;6-/m00000/s1. The van der Waals surface area contributed by atoms with Crippen LogP contribution in [0.5, 0.6) is 0 Å². The SMILES string of the molecule is CC(C)(C)OC(=O)N[C@@H](CC(=O)OCc1ccccc1)C(=O)O.CCOC(=O)CN(Cc1ccccc1)C(=O)[C@H](CC(=O)OCc1ccccc1)NC(=O)OC(C)(C)C.O=C1CN(Cc2ccccc2)C(=O)[C@H](CC(=O)OCc2ccccc2)N1.OCC[C@H]1CN(Cc2ccccc2)CCN1.OCC[C@H]1CNCCN1. The fourth-order valence-electron chi connectivity index (χ4n) is 10.9. The zero-order chi connectivity index (χ0) is 80.1. The summed E-state index contributed by atoms with van der Waals surface area (Å²) < 4.78 is 30.8. The monoisotopic (exact) mass is 1520 g/mol. The number of amides is 5. The average molecular weight is 1520 g/mol. The Morgan fingerprint density at radius 1 is 0.527 bits per heavy atom. The Morgan fingerprint density at radius 3 is 1.40 bits per heavy atom. The van der Waals surface area contributed by atoms with E-state index in [0.717, 1.165) is 86.5 Å².